The van der Waals surface area contributed by atoms with E-state index in [1.807, 2.05) is 53.5 Å². The molecule has 0 spiro atoms. The summed E-state index contributed by atoms with van der Waals surface area (Å²) in [6, 6.07) is 15.7. The molecule has 0 bridgehead atoms. The Morgan fingerprint density at radius 3 is 2.52 bits per heavy atom. The van der Waals surface area contributed by atoms with Crippen molar-refractivity contribution in [3.63, 3.8) is 0 Å². The lowest BCUT2D eigenvalue weighted by atomic mass is 10.0. The summed E-state index contributed by atoms with van der Waals surface area (Å²) in [6.07, 6.45) is 0.810. The molecular weight excluding hydrogens is 305 g/mol. The van der Waals surface area contributed by atoms with Crippen LogP contribution in [0.3, 0.4) is 0 Å². The van der Waals surface area contributed by atoms with Crippen LogP contribution in [0.25, 0.3) is 0 Å². The molecule has 3 nitrogen and oxygen atoms in total. The Morgan fingerprint density at radius 1 is 1.10 bits per heavy atom. The number of rotatable bonds is 3. The van der Waals surface area contributed by atoms with Gasteiger partial charge in [-0.15, -0.1) is 0 Å². The quantitative estimate of drug-likeness (QED) is 0.918. The molecule has 1 aliphatic rings. The summed E-state index contributed by atoms with van der Waals surface area (Å²) in [5, 5.41) is 8.04. The summed E-state index contributed by atoms with van der Waals surface area (Å²) in [4.78, 5) is 0. The molecule has 2 aromatic rings. The number of hydrogen-bond donors (Lipinski definition) is 1. The zero-order chi connectivity index (χ0) is 14.8. The van der Waals surface area contributed by atoms with Crippen molar-refractivity contribution in [2.24, 2.45) is 10.8 Å². The molecule has 0 radical (unpaired) electrons. The zero-order valence-electron chi connectivity index (χ0n) is 11.3. The Hall–Kier alpha value is -1.55. The summed E-state index contributed by atoms with van der Waals surface area (Å²) in [7, 11) is 0. The van der Waals surface area contributed by atoms with Gasteiger partial charge in [-0.25, -0.2) is 0 Å². The van der Waals surface area contributed by atoms with Crippen molar-refractivity contribution in [3.8, 4) is 0 Å². The maximum absolute atomic E-state index is 6.09. The van der Waals surface area contributed by atoms with Gasteiger partial charge in [0.1, 0.15) is 0 Å². The zero-order valence-corrected chi connectivity index (χ0v) is 12.8. The van der Waals surface area contributed by atoms with Crippen LogP contribution in [0.1, 0.15) is 18.0 Å². The monoisotopic (exact) mass is 319 g/mol. The van der Waals surface area contributed by atoms with Crippen LogP contribution in [-0.4, -0.2) is 12.3 Å². The maximum Gasteiger partial charge on any atom is 0.0828 e. The standard InChI is InChI=1S/C16H15Cl2N3/c17-12-6-4-11(5-7-12)16-9-14(10-19)20-21(16)15-3-1-2-13(18)8-15/h1-8,16H,9-10,19H2. The molecule has 108 valence electrons. The van der Waals surface area contributed by atoms with E-state index in [2.05, 4.69) is 5.10 Å². The maximum atomic E-state index is 6.09. The van der Waals surface area contributed by atoms with Gasteiger partial charge >= 0.3 is 0 Å². The lowest BCUT2D eigenvalue weighted by Crippen LogP contribution is -2.18. The fourth-order valence-corrected chi connectivity index (χ4v) is 2.81. The van der Waals surface area contributed by atoms with Crippen molar-refractivity contribution in [2.45, 2.75) is 12.5 Å². The third kappa shape index (κ3) is 3.05. The minimum atomic E-state index is 0.124. The van der Waals surface area contributed by atoms with Crippen LogP contribution < -0.4 is 10.7 Å². The fraction of sp³-hybridized carbons (Fsp3) is 0.188. The lowest BCUT2D eigenvalue weighted by molar-refractivity contribution is 0.708. The second-order valence-corrected chi connectivity index (χ2v) is 5.84. The van der Waals surface area contributed by atoms with Gasteiger partial charge in [0.15, 0.2) is 0 Å². The highest BCUT2D eigenvalue weighted by atomic mass is 35.5. The Bertz CT molecular complexity index is 667. The summed E-state index contributed by atoms with van der Waals surface area (Å²) in [5.41, 5.74) is 8.87. The van der Waals surface area contributed by atoms with Gasteiger partial charge in [0.2, 0.25) is 0 Å². The minimum Gasteiger partial charge on any atom is -0.325 e. The molecule has 0 saturated heterocycles. The molecule has 0 aromatic heterocycles. The van der Waals surface area contributed by atoms with Gasteiger partial charge in [0.05, 0.1) is 17.4 Å². The average molecular weight is 320 g/mol. The van der Waals surface area contributed by atoms with E-state index in [-0.39, 0.29) is 6.04 Å². The molecule has 2 N–H and O–H groups in total. The van der Waals surface area contributed by atoms with Crippen LogP contribution in [0.5, 0.6) is 0 Å². The Morgan fingerprint density at radius 2 is 1.86 bits per heavy atom. The molecule has 1 unspecified atom stereocenters. The molecule has 21 heavy (non-hydrogen) atoms. The highest BCUT2D eigenvalue weighted by Crippen LogP contribution is 2.36. The second kappa shape index (κ2) is 6.06. The molecule has 1 heterocycles. The first-order chi connectivity index (χ1) is 10.2. The number of nitrogens with zero attached hydrogens (tertiary/aromatic N) is 2. The largest absolute Gasteiger partial charge is 0.325 e. The predicted octanol–water partition coefficient (Wildman–Crippen LogP) is 4.26. The van der Waals surface area contributed by atoms with Crippen molar-refractivity contribution in [2.75, 3.05) is 11.6 Å². The van der Waals surface area contributed by atoms with Crippen LogP contribution in [0.4, 0.5) is 5.69 Å². The summed E-state index contributed by atoms with van der Waals surface area (Å²) >= 11 is 12.1. The van der Waals surface area contributed by atoms with E-state index < -0.39 is 0 Å². The van der Waals surface area contributed by atoms with Crippen LogP contribution in [0.15, 0.2) is 53.6 Å². The second-order valence-electron chi connectivity index (χ2n) is 4.97. The van der Waals surface area contributed by atoms with Gasteiger partial charge in [-0.3, -0.25) is 5.01 Å². The normalized spacial score (nSPS) is 18.0. The van der Waals surface area contributed by atoms with E-state index in [9.17, 15) is 0 Å². The molecule has 1 aliphatic heterocycles. The van der Waals surface area contributed by atoms with Gasteiger partial charge in [-0.2, -0.15) is 5.10 Å². The number of hydrogen-bond acceptors (Lipinski definition) is 3. The molecule has 2 aromatic carbocycles. The van der Waals surface area contributed by atoms with Gasteiger partial charge in [-0.05, 0) is 35.9 Å². The van der Waals surface area contributed by atoms with Crippen molar-refractivity contribution in [1.82, 2.24) is 0 Å². The summed E-state index contributed by atoms with van der Waals surface area (Å²) in [6.45, 7) is 0.459. The summed E-state index contributed by atoms with van der Waals surface area (Å²) < 4.78 is 0. The Balaban J connectivity index is 1.97. The van der Waals surface area contributed by atoms with Crippen molar-refractivity contribution < 1.29 is 0 Å². The SMILES string of the molecule is NCC1=NN(c2cccc(Cl)c2)C(c2ccc(Cl)cc2)C1. The number of anilines is 1. The lowest BCUT2D eigenvalue weighted by Gasteiger charge is -2.24. The fourth-order valence-electron chi connectivity index (χ4n) is 2.50. The number of halogens is 2. The smallest absolute Gasteiger partial charge is 0.0828 e. The van der Waals surface area contributed by atoms with Crippen LogP contribution in [-0.2, 0) is 0 Å². The van der Waals surface area contributed by atoms with E-state index in [0.29, 0.717) is 11.6 Å². The minimum absolute atomic E-state index is 0.124. The Kier molecular flexibility index (Phi) is 4.15. The van der Waals surface area contributed by atoms with Gasteiger partial charge in [0, 0.05) is 23.0 Å². The first-order valence-corrected chi connectivity index (χ1v) is 7.49. The number of hydrazone groups is 1. The van der Waals surface area contributed by atoms with E-state index in [1.54, 1.807) is 0 Å². The number of nitrogens with two attached hydrogens (primary N) is 1. The first-order valence-electron chi connectivity index (χ1n) is 6.74. The van der Waals surface area contributed by atoms with Crippen LogP contribution in [0, 0.1) is 0 Å². The summed E-state index contributed by atoms with van der Waals surface area (Å²) in [5.74, 6) is 0. The molecule has 0 amide bonds. The van der Waals surface area contributed by atoms with Crippen LogP contribution in [0.2, 0.25) is 10.0 Å². The van der Waals surface area contributed by atoms with Gasteiger partial charge in [0.25, 0.3) is 0 Å². The topological polar surface area (TPSA) is 41.6 Å². The third-order valence-corrected chi connectivity index (χ3v) is 4.02. The predicted molar refractivity (Wildman–Crippen MR) is 89.2 cm³/mol. The highest BCUT2D eigenvalue weighted by molar-refractivity contribution is 6.31. The van der Waals surface area contributed by atoms with Crippen LogP contribution >= 0.6 is 23.2 Å². The highest BCUT2D eigenvalue weighted by Gasteiger charge is 2.28. The number of benzene rings is 2. The van der Waals surface area contributed by atoms with Crippen molar-refractivity contribution >= 4 is 34.6 Å². The average Bonchev–Trinajstić information content (AvgIpc) is 2.92. The molecule has 1 atom stereocenters. The van der Waals surface area contributed by atoms with Gasteiger partial charge < -0.3 is 5.73 Å². The van der Waals surface area contributed by atoms with E-state index >= 15 is 0 Å². The molecule has 0 saturated carbocycles. The van der Waals surface area contributed by atoms with E-state index in [1.165, 1.54) is 0 Å². The first kappa shape index (κ1) is 14.4. The van der Waals surface area contributed by atoms with E-state index in [4.69, 9.17) is 28.9 Å². The molecule has 5 heteroatoms. The molecule has 0 aliphatic carbocycles. The third-order valence-electron chi connectivity index (χ3n) is 3.54. The molecular formula is C16H15Cl2N3. The molecule has 0 fully saturated rings. The van der Waals surface area contributed by atoms with E-state index in [0.717, 1.165) is 28.4 Å². The Labute approximate surface area is 134 Å². The van der Waals surface area contributed by atoms with Gasteiger partial charge in [-0.1, -0.05) is 41.4 Å². The van der Waals surface area contributed by atoms with Crippen molar-refractivity contribution in [1.29, 1.82) is 0 Å². The van der Waals surface area contributed by atoms with Crippen molar-refractivity contribution in [3.05, 3.63) is 64.1 Å². The molecule has 3 rings (SSSR count).